The third-order valence-electron chi connectivity index (χ3n) is 3.37. The van der Waals surface area contributed by atoms with Gasteiger partial charge in [-0.1, -0.05) is 13.8 Å². The lowest BCUT2D eigenvalue weighted by Crippen LogP contribution is -2.47. The molecule has 0 bridgehead atoms. The first-order valence-corrected chi connectivity index (χ1v) is 6.13. The number of rotatable bonds is 3. The van der Waals surface area contributed by atoms with Crippen molar-refractivity contribution in [1.29, 1.82) is 0 Å². The zero-order valence-electron chi connectivity index (χ0n) is 12.1. The lowest BCUT2D eigenvalue weighted by molar-refractivity contribution is 0.0381. The van der Waals surface area contributed by atoms with Gasteiger partial charge < -0.3 is 19.5 Å². The molecule has 1 aliphatic heterocycles. The van der Waals surface area contributed by atoms with Gasteiger partial charge in [0.25, 0.3) is 0 Å². The molecule has 6 heteroatoms. The second-order valence-corrected chi connectivity index (χ2v) is 5.25. The molecule has 20 heavy (non-hydrogen) atoms. The van der Waals surface area contributed by atoms with E-state index in [1.54, 1.807) is 14.2 Å². The maximum Gasteiger partial charge on any atom is 0.407 e. The van der Waals surface area contributed by atoms with E-state index in [0.717, 1.165) is 11.3 Å². The number of methoxy groups -OCH3 is 2. The van der Waals surface area contributed by atoms with Crippen molar-refractivity contribution in [2.75, 3.05) is 20.8 Å². The largest absolute Gasteiger partial charge is 0.497 e. The van der Waals surface area contributed by atoms with Gasteiger partial charge in [-0.2, -0.15) is 0 Å². The van der Waals surface area contributed by atoms with E-state index in [-0.39, 0.29) is 23.9 Å². The van der Waals surface area contributed by atoms with Crippen LogP contribution in [0.4, 0.5) is 4.79 Å². The van der Waals surface area contributed by atoms with Crippen LogP contribution in [0.25, 0.3) is 0 Å². The SMILES string of the molecule is COc1ccc([C@@H]2NC(=O)OCC2(C)C)c(OC)c1.Cl. The summed E-state index contributed by atoms with van der Waals surface area (Å²) in [5, 5.41) is 2.85. The highest BCUT2D eigenvalue weighted by molar-refractivity contribution is 5.85. The van der Waals surface area contributed by atoms with Gasteiger partial charge in [-0.3, -0.25) is 0 Å². The summed E-state index contributed by atoms with van der Waals surface area (Å²) >= 11 is 0. The van der Waals surface area contributed by atoms with E-state index in [1.807, 2.05) is 32.0 Å². The van der Waals surface area contributed by atoms with Gasteiger partial charge in [-0.15, -0.1) is 12.4 Å². The minimum atomic E-state index is -0.401. The van der Waals surface area contributed by atoms with Crippen molar-refractivity contribution in [3.8, 4) is 11.5 Å². The maximum absolute atomic E-state index is 11.5. The van der Waals surface area contributed by atoms with Crippen LogP contribution in [-0.4, -0.2) is 26.9 Å². The lowest BCUT2D eigenvalue weighted by atomic mass is 9.80. The number of ether oxygens (including phenoxy) is 3. The molecule has 112 valence electrons. The predicted molar refractivity (Wildman–Crippen MR) is 77.8 cm³/mol. The molecule has 0 spiro atoms. The molecule has 1 saturated heterocycles. The number of amides is 1. The molecule has 1 aliphatic rings. The van der Waals surface area contributed by atoms with Crippen molar-refractivity contribution < 1.29 is 19.0 Å². The third-order valence-corrected chi connectivity index (χ3v) is 3.37. The number of alkyl carbamates (subject to hydrolysis) is 1. The Bertz CT molecular complexity index is 490. The molecule has 1 atom stereocenters. The fourth-order valence-electron chi connectivity index (χ4n) is 2.25. The molecule has 0 unspecified atom stereocenters. The van der Waals surface area contributed by atoms with Gasteiger partial charge in [0.2, 0.25) is 0 Å². The minimum Gasteiger partial charge on any atom is -0.497 e. The topological polar surface area (TPSA) is 56.8 Å². The highest BCUT2D eigenvalue weighted by Gasteiger charge is 2.39. The quantitative estimate of drug-likeness (QED) is 0.932. The van der Waals surface area contributed by atoms with Crippen LogP contribution in [0.5, 0.6) is 11.5 Å². The van der Waals surface area contributed by atoms with E-state index in [9.17, 15) is 4.79 Å². The second kappa shape index (κ2) is 6.22. The van der Waals surface area contributed by atoms with Crippen molar-refractivity contribution in [2.24, 2.45) is 5.41 Å². The molecule has 1 amide bonds. The lowest BCUT2D eigenvalue weighted by Gasteiger charge is -2.39. The van der Waals surface area contributed by atoms with Gasteiger partial charge in [-0.25, -0.2) is 4.79 Å². The van der Waals surface area contributed by atoms with Crippen LogP contribution in [0.3, 0.4) is 0 Å². The number of halogens is 1. The molecule has 2 rings (SSSR count). The predicted octanol–water partition coefficient (Wildman–Crippen LogP) is 2.93. The summed E-state index contributed by atoms with van der Waals surface area (Å²) in [6, 6.07) is 5.42. The van der Waals surface area contributed by atoms with Gasteiger partial charge in [0.05, 0.1) is 20.3 Å². The number of cyclic esters (lactones) is 1. The van der Waals surface area contributed by atoms with Gasteiger partial charge in [0.1, 0.15) is 18.1 Å². The van der Waals surface area contributed by atoms with Crippen molar-refractivity contribution in [3.05, 3.63) is 23.8 Å². The molecule has 0 aromatic heterocycles. The van der Waals surface area contributed by atoms with Crippen molar-refractivity contribution >= 4 is 18.5 Å². The first-order valence-electron chi connectivity index (χ1n) is 6.13. The molecule has 1 N–H and O–H groups in total. The van der Waals surface area contributed by atoms with Crippen LogP contribution in [0.15, 0.2) is 18.2 Å². The smallest absolute Gasteiger partial charge is 0.407 e. The Labute approximate surface area is 125 Å². The van der Waals surface area contributed by atoms with E-state index >= 15 is 0 Å². The van der Waals surface area contributed by atoms with Gasteiger partial charge in [0, 0.05) is 17.0 Å². The number of hydrogen-bond donors (Lipinski definition) is 1. The van der Waals surface area contributed by atoms with Gasteiger partial charge >= 0.3 is 6.09 Å². The summed E-state index contributed by atoms with van der Waals surface area (Å²) < 4.78 is 15.6. The average molecular weight is 302 g/mol. The summed E-state index contributed by atoms with van der Waals surface area (Å²) in [5.74, 6) is 1.41. The number of nitrogens with one attached hydrogen (secondary N) is 1. The molecule has 0 aliphatic carbocycles. The molecule has 0 saturated carbocycles. The highest BCUT2D eigenvalue weighted by Crippen LogP contribution is 2.41. The molecular formula is C14H20ClNO4. The maximum atomic E-state index is 11.5. The van der Waals surface area contributed by atoms with Crippen molar-refractivity contribution in [3.63, 3.8) is 0 Å². The Kier molecular flexibility index (Phi) is 5.11. The number of carbonyl (C=O) groups is 1. The summed E-state index contributed by atoms with van der Waals surface area (Å²) in [5.41, 5.74) is 0.709. The van der Waals surface area contributed by atoms with E-state index < -0.39 is 6.09 Å². The fraction of sp³-hybridized carbons (Fsp3) is 0.500. The third kappa shape index (κ3) is 3.10. The van der Waals surface area contributed by atoms with E-state index in [0.29, 0.717) is 12.4 Å². The molecular weight excluding hydrogens is 282 g/mol. The summed E-state index contributed by atoms with van der Waals surface area (Å²) in [4.78, 5) is 11.5. The fourth-order valence-corrected chi connectivity index (χ4v) is 2.25. The van der Waals surface area contributed by atoms with E-state index in [2.05, 4.69) is 5.32 Å². The summed E-state index contributed by atoms with van der Waals surface area (Å²) in [7, 11) is 3.21. The van der Waals surface area contributed by atoms with Crippen LogP contribution >= 0.6 is 12.4 Å². The summed E-state index contributed by atoms with van der Waals surface area (Å²) in [6.45, 7) is 4.46. The molecule has 1 aromatic carbocycles. The Hall–Kier alpha value is -1.62. The number of hydrogen-bond acceptors (Lipinski definition) is 4. The Morgan fingerprint density at radius 1 is 1.30 bits per heavy atom. The van der Waals surface area contributed by atoms with Gasteiger partial charge in [-0.05, 0) is 12.1 Å². The first-order chi connectivity index (χ1) is 8.97. The van der Waals surface area contributed by atoms with E-state index in [1.165, 1.54) is 0 Å². The second-order valence-electron chi connectivity index (χ2n) is 5.25. The zero-order valence-corrected chi connectivity index (χ0v) is 12.9. The Morgan fingerprint density at radius 3 is 2.60 bits per heavy atom. The molecule has 5 nitrogen and oxygen atoms in total. The van der Waals surface area contributed by atoms with Crippen molar-refractivity contribution in [2.45, 2.75) is 19.9 Å². The average Bonchev–Trinajstić information content (AvgIpc) is 2.41. The highest BCUT2D eigenvalue weighted by atomic mass is 35.5. The number of benzene rings is 1. The molecule has 1 fully saturated rings. The zero-order chi connectivity index (χ0) is 14.0. The monoisotopic (exact) mass is 301 g/mol. The normalized spacial score (nSPS) is 20.2. The standard InChI is InChI=1S/C14H19NO4.ClH/c1-14(2)8-19-13(16)15-12(14)10-6-5-9(17-3)7-11(10)18-4;/h5-7,12H,8H2,1-4H3,(H,15,16);1H/t12-;/m0./s1. The minimum absolute atomic E-state index is 0. The number of carbonyl (C=O) groups excluding carboxylic acids is 1. The first kappa shape index (κ1) is 16.4. The molecule has 1 aromatic rings. The van der Waals surface area contributed by atoms with Crippen LogP contribution in [-0.2, 0) is 4.74 Å². The Morgan fingerprint density at radius 2 is 2.00 bits per heavy atom. The van der Waals surface area contributed by atoms with E-state index in [4.69, 9.17) is 14.2 Å². The van der Waals surface area contributed by atoms with Crippen LogP contribution < -0.4 is 14.8 Å². The van der Waals surface area contributed by atoms with Crippen molar-refractivity contribution in [1.82, 2.24) is 5.32 Å². The Balaban J connectivity index is 0.00000200. The van der Waals surface area contributed by atoms with Crippen LogP contribution in [0.2, 0.25) is 0 Å². The molecule has 1 heterocycles. The molecule has 0 radical (unpaired) electrons. The van der Waals surface area contributed by atoms with Crippen LogP contribution in [0.1, 0.15) is 25.5 Å². The van der Waals surface area contributed by atoms with Crippen LogP contribution in [0, 0.1) is 5.41 Å². The summed E-state index contributed by atoms with van der Waals surface area (Å²) in [6.07, 6.45) is -0.401. The van der Waals surface area contributed by atoms with Gasteiger partial charge in [0.15, 0.2) is 0 Å².